The molecule has 1 fully saturated rings. The van der Waals surface area contributed by atoms with Crippen LogP contribution in [0.4, 0.5) is 0 Å². The summed E-state index contributed by atoms with van der Waals surface area (Å²) in [4.78, 5) is 36.1. The van der Waals surface area contributed by atoms with Gasteiger partial charge in [0, 0.05) is 29.6 Å². The van der Waals surface area contributed by atoms with Crippen molar-refractivity contribution in [1.82, 2.24) is 19.7 Å². The Labute approximate surface area is 198 Å². The minimum atomic E-state index is -0.592. The average Bonchev–Trinajstić information content (AvgIpc) is 3.18. The van der Waals surface area contributed by atoms with E-state index in [0.717, 1.165) is 46.4 Å². The van der Waals surface area contributed by atoms with Gasteiger partial charge in [-0.15, -0.1) is 0 Å². The van der Waals surface area contributed by atoms with Gasteiger partial charge in [0.15, 0.2) is 0 Å². The molecule has 2 atom stereocenters. The Morgan fingerprint density at radius 1 is 1.18 bits per heavy atom. The van der Waals surface area contributed by atoms with Gasteiger partial charge in [0.25, 0.3) is 0 Å². The first kappa shape index (κ1) is 22.3. The highest BCUT2D eigenvalue weighted by atomic mass is 16.5. The second-order valence-corrected chi connectivity index (χ2v) is 9.36. The van der Waals surface area contributed by atoms with Crippen molar-refractivity contribution in [3.63, 3.8) is 0 Å². The number of carbonyl (C=O) groups excluding carboxylic acids is 2. The van der Waals surface area contributed by atoms with Crippen LogP contribution in [0.15, 0.2) is 42.5 Å². The molecule has 0 bridgehead atoms. The predicted octanol–water partition coefficient (Wildman–Crippen LogP) is 2.52. The molecule has 2 N–H and O–H groups in total. The summed E-state index contributed by atoms with van der Waals surface area (Å²) in [5, 5.41) is 11.2. The largest absolute Gasteiger partial charge is 0.508 e. The maximum absolute atomic E-state index is 13.6. The molecule has 8 nitrogen and oxygen atoms in total. The molecular weight excluding hydrogens is 432 g/mol. The lowest BCUT2D eigenvalue weighted by Crippen LogP contribution is -2.63. The number of nitrogens with one attached hydrogen (secondary N) is 1. The molecule has 0 saturated carbocycles. The molecule has 3 aromatic rings. The van der Waals surface area contributed by atoms with Crippen molar-refractivity contribution in [2.24, 2.45) is 0 Å². The van der Waals surface area contributed by atoms with Crippen LogP contribution in [0, 0.1) is 0 Å². The van der Waals surface area contributed by atoms with Crippen LogP contribution in [0.2, 0.25) is 0 Å². The minimum absolute atomic E-state index is 0.0218. The summed E-state index contributed by atoms with van der Waals surface area (Å²) >= 11 is 0. The van der Waals surface area contributed by atoms with E-state index in [0.29, 0.717) is 13.0 Å². The number of fused-ring (bicyclic) bond motifs is 4. The van der Waals surface area contributed by atoms with E-state index in [1.807, 2.05) is 38.4 Å². The first-order valence-electron chi connectivity index (χ1n) is 11.6. The molecule has 2 unspecified atom stereocenters. The fraction of sp³-hybridized carbons (Fsp3) is 0.385. The standard InChI is InChI=1S/C26H30N4O4/c1-28(2)10-5-11-29-15-23(32)30-22(26(29)33)14-20-19-13-18(34-3)8-9-21(19)27-24(20)25(30)16-6-4-7-17(31)12-16/h4,6-9,12-13,22,25,27,31H,5,10-11,14-15H2,1-3H3. The maximum Gasteiger partial charge on any atom is 0.246 e. The smallest absolute Gasteiger partial charge is 0.246 e. The second-order valence-electron chi connectivity index (χ2n) is 9.36. The zero-order valence-electron chi connectivity index (χ0n) is 19.7. The third-order valence-electron chi connectivity index (χ3n) is 6.86. The molecule has 0 spiro atoms. The van der Waals surface area contributed by atoms with Crippen molar-refractivity contribution in [3.8, 4) is 11.5 Å². The first-order valence-corrected chi connectivity index (χ1v) is 11.6. The molecular formula is C26H30N4O4. The van der Waals surface area contributed by atoms with Crippen LogP contribution >= 0.6 is 0 Å². The number of piperazine rings is 1. The van der Waals surface area contributed by atoms with Crippen molar-refractivity contribution in [2.45, 2.75) is 24.9 Å². The van der Waals surface area contributed by atoms with Gasteiger partial charge in [0.05, 0.1) is 19.7 Å². The number of H-pyrrole nitrogens is 1. The highest BCUT2D eigenvalue weighted by molar-refractivity contribution is 5.97. The number of nitrogens with zero attached hydrogens (tertiary/aromatic N) is 3. The van der Waals surface area contributed by atoms with Crippen molar-refractivity contribution in [2.75, 3.05) is 40.8 Å². The number of ether oxygens (including phenoxy) is 1. The lowest BCUT2D eigenvalue weighted by molar-refractivity contribution is -0.158. The van der Waals surface area contributed by atoms with E-state index < -0.39 is 12.1 Å². The molecule has 3 heterocycles. The van der Waals surface area contributed by atoms with Crippen molar-refractivity contribution >= 4 is 22.7 Å². The van der Waals surface area contributed by atoms with Crippen molar-refractivity contribution < 1.29 is 19.4 Å². The van der Waals surface area contributed by atoms with Gasteiger partial charge in [-0.1, -0.05) is 12.1 Å². The van der Waals surface area contributed by atoms with Crippen LogP contribution in [0.1, 0.15) is 29.3 Å². The molecule has 0 aliphatic carbocycles. The molecule has 0 radical (unpaired) electrons. The number of methoxy groups -OCH3 is 1. The van der Waals surface area contributed by atoms with Crippen molar-refractivity contribution in [3.05, 3.63) is 59.3 Å². The molecule has 5 rings (SSSR count). The van der Waals surface area contributed by atoms with Gasteiger partial charge in [-0.25, -0.2) is 0 Å². The van der Waals surface area contributed by atoms with Crippen molar-refractivity contribution in [1.29, 1.82) is 0 Å². The number of phenols is 1. The van der Waals surface area contributed by atoms with E-state index in [-0.39, 0.29) is 24.1 Å². The molecule has 2 aromatic carbocycles. The van der Waals surface area contributed by atoms with Crippen LogP contribution in [-0.4, -0.2) is 83.5 Å². The Balaban J connectivity index is 1.61. The highest BCUT2D eigenvalue weighted by Crippen LogP contribution is 2.43. The van der Waals surface area contributed by atoms with Gasteiger partial charge in [0.2, 0.25) is 11.8 Å². The van der Waals surface area contributed by atoms with Gasteiger partial charge >= 0.3 is 0 Å². The average molecular weight is 463 g/mol. The van der Waals surface area contributed by atoms with Gasteiger partial charge in [-0.2, -0.15) is 0 Å². The van der Waals surface area contributed by atoms with E-state index in [2.05, 4.69) is 9.88 Å². The summed E-state index contributed by atoms with van der Waals surface area (Å²) < 4.78 is 5.44. The normalized spacial score (nSPS) is 20.1. The molecule has 2 aliphatic rings. The van der Waals surface area contributed by atoms with Gasteiger partial charge in [-0.3, -0.25) is 9.59 Å². The van der Waals surface area contributed by atoms with E-state index in [9.17, 15) is 14.7 Å². The Morgan fingerprint density at radius 2 is 2.00 bits per heavy atom. The molecule has 2 amide bonds. The third kappa shape index (κ3) is 3.77. The summed E-state index contributed by atoms with van der Waals surface area (Å²) in [6.07, 6.45) is 1.25. The number of hydrogen-bond acceptors (Lipinski definition) is 5. The number of aromatic hydroxyl groups is 1. The number of phenolic OH excluding ortho intramolecular Hbond substituents is 1. The van der Waals surface area contributed by atoms with Crippen LogP contribution in [0.5, 0.6) is 11.5 Å². The Kier molecular flexibility index (Phi) is 5.69. The summed E-state index contributed by atoms with van der Waals surface area (Å²) in [7, 11) is 5.63. The van der Waals surface area contributed by atoms with Crippen LogP contribution < -0.4 is 4.74 Å². The zero-order valence-corrected chi connectivity index (χ0v) is 19.7. The molecule has 1 aromatic heterocycles. The van der Waals surface area contributed by atoms with Gasteiger partial charge in [0.1, 0.15) is 17.5 Å². The number of aromatic nitrogens is 1. The first-order chi connectivity index (χ1) is 16.4. The number of rotatable bonds is 6. The Morgan fingerprint density at radius 3 is 2.74 bits per heavy atom. The molecule has 2 aliphatic heterocycles. The van der Waals surface area contributed by atoms with Gasteiger partial charge < -0.3 is 29.5 Å². The Bertz CT molecular complexity index is 1250. The van der Waals surface area contributed by atoms with E-state index >= 15 is 0 Å². The lowest BCUT2D eigenvalue weighted by Gasteiger charge is -2.47. The number of benzene rings is 2. The van der Waals surface area contributed by atoms with E-state index in [4.69, 9.17) is 4.74 Å². The maximum atomic E-state index is 13.6. The summed E-state index contributed by atoms with van der Waals surface area (Å²) in [6.45, 7) is 1.48. The van der Waals surface area contributed by atoms with Crippen LogP contribution in [-0.2, 0) is 16.0 Å². The van der Waals surface area contributed by atoms with Crippen LogP contribution in [0.25, 0.3) is 10.9 Å². The molecule has 8 heteroatoms. The molecule has 34 heavy (non-hydrogen) atoms. The SMILES string of the molecule is COc1ccc2[nH]c3c(c2c1)CC1C(=O)N(CCCN(C)C)CC(=O)N1C3c1cccc(O)c1. The summed E-state index contributed by atoms with van der Waals surface area (Å²) in [5.74, 6) is 0.762. The fourth-order valence-corrected chi connectivity index (χ4v) is 5.29. The minimum Gasteiger partial charge on any atom is -0.508 e. The number of hydrogen-bond donors (Lipinski definition) is 2. The number of carbonyl (C=O) groups is 2. The fourth-order valence-electron chi connectivity index (χ4n) is 5.29. The number of aromatic amines is 1. The van der Waals surface area contributed by atoms with E-state index in [1.165, 1.54) is 0 Å². The third-order valence-corrected chi connectivity index (χ3v) is 6.86. The monoisotopic (exact) mass is 462 g/mol. The van der Waals surface area contributed by atoms with E-state index in [1.54, 1.807) is 35.1 Å². The Hall–Kier alpha value is -3.52. The topological polar surface area (TPSA) is 89.1 Å². The summed E-state index contributed by atoms with van der Waals surface area (Å²) in [6, 6.07) is 11.7. The highest BCUT2D eigenvalue weighted by Gasteiger charge is 2.48. The molecule has 1 saturated heterocycles. The number of amides is 2. The van der Waals surface area contributed by atoms with Crippen LogP contribution in [0.3, 0.4) is 0 Å². The lowest BCUT2D eigenvalue weighted by atomic mass is 9.86. The zero-order chi connectivity index (χ0) is 24.0. The summed E-state index contributed by atoms with van der Waals surface area (Å²) in [5.41, 5.74) is 3.59. The quantitative estimate of drug-likeness (QED) is 0.588. The van der Waals surface area contributed by atoms with Gasteiger partial charge in [-0.05, 0) is 68.5 Å². The second kappa shape index (κ2) is 8.68. The molecule has 178 valence electrons. The predicted molar refractivity (Wildman–Crippen MR) is 129 cm³/mol.